The molecule has 0 aliphatic carbocycles. The van der Waals surface area contributed by atoms with Gasteiger partial charge in [0.2, 0.25) is 0 Å². The van der Waals surface area contributed by atoms with Gasteiger partial charge in [0.1, 0.15) is 11.4 Å². The van der Waals surface area contributed by atoms with Gasteiger partial charge in [0.15, 0.2) is 9.84 Å². The van der Waals surface area contributed by atoms with E-state index in [1.165, 1.54) is 18.3 Å². The molecule has 1 aromatic carbocycles. The zero-order chi connectivity index (χ0) is 19.8. The van der Waals surface area contributed by atoms with Gasteiger partial charge in [0.05, 0.1) is 16.8 Å². The van der Waals surface area contributed by atoms with Crippen molar-refractivity contribution in [3.05, 3.63) is 59.5 Å². The molecule has 0 saturated heterocycles. The maximum Gasteiger partial charge on any atom is 0.261 e. The van der Waals surface area contributed by atoms with E-state index >= 15 is 0 Å². The summed E-state index contributed by atoms with van der Waals surface area (Å²) in [6, 6.07) is 10.1. The summed E-state index contributed by atoms with van der Waals surface area (Å²) in [4.78, 5) is 13.0. The van der Waals surface area contributed by atoms with Crippen LogP contribution >= 0.6 is 0 Å². The largest absolute Gasteiger partial charge is 0.322 e. The number of carbonyl (C=O) groups is 1. The van der Waals surface area contributed by atoms with Crippen LogP contribution in [0.2, 0.25) is 0 Å². The average molecular weight is 386 g/mol. The van der Waals surface area contributed by atoms with Gasteiger partial charge in [-0.1, -0.05) is 6.92 Å². The molecule has 0 radical (unpaired) electrons. The Hall–Kier alpha value is -2.87. The molecule has 0 bridgehead atoms. The molecule has 1 N–H and O–H groups in total. The van der Waals surface area contributed by atoms with Crippen LogP contribution in [0.15, 0.2) is 47.5 Å². The van der Waals surface area contributed by atoms with Crippen molar-refractivity contribution >= 4 is 21.4 Å². The maximum atomic E-state index is 12.8. The second-order valence-electron chi connectivity index (χ2n) is 6.34. The van der Waals surface area contributed by atoms with E-state index in [1.54, 1.807) is 30.8 Å². The topological polar surface area (TPSA) is 86.0 Å². The fourth-order valence-corrected chi connectivity index (χ4v) is 3.85. The Bertz CT molecular complexity index is 1070. The van der Waals surface area contributed by atoms with Gasteiger partial charge < -0.3 is 9.88 Å². The fourth-order valence-electron chi connectivity index (χ4n) is 2.97. The van der Waals surface area contributed by atoms with Crippen molar-refractivity contribution in [1.82, 2.24) is 14.3 Å². The molecule has 0 atom stereocenters. The molecule has 3 aromatic rings. The van der Waals surface area contributed by atoms with Crippen LogP contribution in [-0.4, -0.2) is 34.4 Å². The lowest BCUT2D eigenvalue weighted by Crippen LogP contribution is -2.16. The second-order valence-corrected chi connectivity index (χ2v) is 8.62. The molecule has 0 aliphatic heterocycles. The monoisotopic (exact) mass is 386 g/mol. The van der Waals surface area contributed by atoms with E-state index in [4.69, 9.17) is 0 Å². The van der Waals surface area contributed by atoms with Crippen LogP contribution in [0.4, 0.5) is 5.69 Å². The lowest BCUT2D eigenvalue weighted by molar-refractivity contribution is 0.102. The summed E-state index contributed by atoms with van der Waals surface area (Å²) in [7, 11) is -1.48. The van der Waals surface area contributed by atoms with Crippen LogP contribution in [-0.2, 0) is 16.9 Å². The molecule has 0 spiro atoms. The van der Waals surface area contributed by atoms with E-state index in [0.717, 1.165) is 11.4 Å². The van der Waals surface area contributed by atoms with Crippen molar-refractivity contribution in [2.75, 3.05) is 11.1 Å². The summed E-state index contributed by atoms with van der Waals surface area (Å²) in [6.45, 7) is 5.53. The lowest BCUT2D eigenvalue weighted by atomic mass is 10.2. The molecule has 0 unspecified atom stereocenters. The third-order valence-electron chi connectivity index (χ3n) is 4.49. The van der Waals surface area contributed by atoms with Crippen molar-refractivity contribution in [2.24, 2.45) is 7.05 Å². The Morgan fingerprint density at radius 2 is 1.67 bits per heavy atom. The summed E-state index contributed by atoms with van der Waals surface area (Å²) in [5, 5.41) is 7.04. The van der Waals surface area contributed by atoms with Gasteiger partial charge in [-0.25, -0.2) is 8.42 Å². The van der Waals surface area contributed by atoms with Crippen LogP contribution in [0.5, 0.6) is 0 Å². The summed E-state index contributed by atoms with van der Waals surface area (Å²) >= 11 is 0. The van der Waals surface area contributed by atoms with E-state index in [1.807, 2.05) is 30.5 Å². The van der Waals surface area contributed by atoms with Crippen LogP contribution in [0.25, 0.3) is 5.82 Å². The first kappa shape index (κ1) is 18.9. The Balaban J connectivity index is 1.90. The van der Waals surface area contributed by atoms with Gasteiger partial charge in [0, 0.05) is 24.1 Å². The van der Waals surface area contributed by atoms with Gasteiger partial charge in [0.25, 0.3) is 5.91 Å². The normalized spacial score (nSPS) is 11.6. The van der Waals surface area contributed by atoms with Crippen molar-refractivity contribution in [3.63, 3.8) is 0 Å². The summed E-state index contributed by atoms with van der Waals surface area (Å²) < 4.78 is 27.4. The van der Waals surface area contributed by atoms with E-state index in [9.17, 15) is 13.2 Å². The Labute approximate surface area is 158 Å². The molecule has 3 rings (SSSR count). The average Bonchev–Trinajstić information content (AvgIpc) is 3.17. The van der Waals surface area contributed by atoms with E-state index in [-0.39, 0.29) is 16.6 Å². The van der Waals surface area contributed by atoms with E-state index in [2.05, 4.69) is 10.4 Å². The Morgan fingerprint density at radius 1 is 1.07 bits per heavy atom. The first-order chi connectivity index (χ1) is 12.7. The number of amides is 1. The molecule has 2 heterocycles. The number of nitrogens with zero attached hydrogens (tertiary/aromatic N) is 3. The van der Waals surface area contributed by atoms with Crippen molar-refractivity contribution < 1.29 is 13.2 Å². The smallest absolute Gasteiger partial charge is 0.261 e. The van der Waals surface area contributed by atoms with Crippen molar-refractivity contribution in [1.29, 1.82) is 0 Å². The van der Waals surface area contributed by atoms with Gasteiger partial charge in [-0.2, -0.15) is 5.10 Å². The van der Waals surface area contributed by atoms with Gasteiger partial charge in [-0.05, 0) is 50.2 Å². The van der Waals surface area contributed by atoms with Gasteiger partial charge in [-0.3, -0.25) is 9.48 Å². The molecule has 0 saturated carbocycles. The fraction of sp³-hybridized carbons (Fsp3) is 0.263. The number of rotatable bonds is 5. The number of nitrogens with one attached hydrogen (secondary N) is 1. The minimum Gasteiger partial charge on any atom is -0.322 e. The first-order valence-electron chi connectivity index (χ1n) is 8.56. The van der Waals surface area contributed by atoms with E-state index in [0.29, 0.717) is 17.1 Å². The molecular formula is C19H22N4O3S. The van der Waals surface area contributed by atoms with E-state index < -0.39 is 9.84 Å². The predicted molar refractivity (Wildman–Crippen MR) is 104 cm³/mol. The highest BCUT2D eigenvalue weighted by Crippen LogP contribution is 2.22. The number of benzene rings is 1. The zero-order valence-corrected chi connectivity index (χ0v) is 16.5. The molecule has 0 aliphatic rings. The number of carbonyl (C=O) groups excluding carboxylic acids is 1. The second kappa shape index (κ2) is 7.03. The number of sulfone groups is 1. The molecule has 27 heavy (non-hydrogen) atoms. The molecule has 1 amide bonds. The molecule has 142 valence electrons. The third-order valence-corrected chi connectivity index (χ3v) is 6.24. The number of hydrogen-bond acceptors (Lipinski definition) is 4. The standard InChI is InChI=1S/C19H22N4O3S/c1-5-27(25,26)16-10-8-15(9-11-16)21-18(24)17-12-20-22(4)19(17)23-13(2)6-7-14(23)3/h6-12H,5H2,1-4H3,(H,21,24). The Kier molecular flexibility index (Phi) is 4.93. The highest BCUT2D eigenvalue weighted by Gasteiger charge is 2.20. The molecule has 0 fully saturated rings. The Morgan fingerprint density at radius 3 is 2.22 bits per heavy atom. The highest BCUT2D eigenvalue weighted by molar-refractivity contribution is 7.91. The highest BCUT2D eigenvalue weighted by atomic mass is 32.2. The van der Waals surface area contributed by atoms with Crippen molar-refractivity contribution in [3.8, 4) is 5.82 Å². The van der Waals surface area contributed by atoms with Crippen LogP contribution in [0.1, 0.15) is 28.7 Å². The minimum absolute atomic E-state index is 0.0350. The summed E-state index contributed by atoms with van der Waals surface area (Å²) in [5.41, 5.74) is 2.95. The maximum absolute atomic E-state index is 12.8. The third kappa shape index (κ3) is 3.52. The van der Waals surface area contributed by atoms with Crippen LogP contribution in [0, 0.1) is 13.8 Å². The summed E-state index contributed by atoms with van der Waals surface area (Å²) in [6.07, 6.45) is 1.53. The van der Waals surface area contributed by atoms with Gasteiger partial charge in [-0.15, -0.1) is 0 Å². The molecule has 8 heteroatoms. The SMILES string of the molecule is CCS(=O)(=O)c1ccc(NC(=O)c2cnn(C)c2-n2c(C)ccc2C)cc1. The summed E-state index contributed by atoms with van der Waals surface area (Å²) in [5.74, 6) is 0.405. The number of hydrogen-bond donors (Lipinski definition) is 1. The lowest BCUT2D eigenvalue weighted by Gasteiger charge is -2.13. The number of aryl methyl sites for hydroxylation is 3. The zero-order valence-electron chi connectivity index (χ0n) is 15.7. The van der Waals surface area contributed by atoms with Crippen LogP contribution in [0.3, 0.4) is 0 Å². The quantitative estimate of drug-likeness (QED) is 0.731. The predicted octanol–water partition coefficient (Wildman–Crippen LogP) is 2.87. The molecule has 2 aromatic heterocycles. The number of anilines is 1. The minimum atomic E-state index is -3.27. The first-order valence-corrected chi connectivity index (χ1v) is 10.2. The van der Waals surface area contributed by atoms with Crippen LogP contribution < -0.4 is 5.32 Å². The molecule has 7 nitrogen and oxygen atoms in total. The number of aromatic nitrogens is 3. The van der Waals surface area contributed by atoms with Crippen molar-refractivity contribution in [2.45, 2.75) is 25.7 Å². The van der Waals surface area contributed by atoms with Gasteiger partial charge >= 0.3 is 0 Å². The molecular weight excluding hydrogens is 364 g/mol.